The minimum atomic E-state index is 0.563. The third kappa shape index (κ3) is 3.71. The van der Waals surface area contributed by atoms with Crippen LogP contribution in [0.4, 0.5) is 0 Å². The van der Waals surface area contributed by atoms with Gasteiger partial charge in [-0.25, -0.2) is 15.8 Å². The van der Waals surface area contributed by atoms with Crippen molar-refractivity contribution in [1.82, 2.24) is 15.7 Å². The summed E-state index contributed by atoms with van der Waals surface area (Å²) >= 11 is 1.58. The second-order valence-corrected chi connectivity index (χ2v) is 3.64. The van der Waals surface area contributed by atoms with Gasteiger partial charge in [0.15, 0.2) is 0 Å². The van der Waals surface area contributed by atoms with E-state index in [0.717, 1.165) is 18.0 Å². The number of hydrogen-bond acceptors (Lipinski definition) is 4. The maximum atomic E-state index is 5.29. The fourth-order valence-electron chi connectivity index (χ4n) is 0.874. The van der Waals surface area contributed by atoms with Gasteiger partial charge in [0.1, 0.15) is 5.01 Å². The van der Waals surface area contributed by atoms with E-state index >= 15 is 0 Å². The van der Waals surface area contributed by atoms with E-state index in [4.69, 9.17) is 5.84 Å². The number of hydrogen-bond donors (Lipinski definition) is 3. The third-order valence-electron chi connectivity index (χ3n) is 1.54. The molecule has 1 heterocycles. The minimum Gasteiger partial charge on any atom is -0.355 e. The summed E-state index contributed by atoms with van der Waals surface area (Å²) in [5.74, 6) is 5.91. The highest BCUT2D eigenvalue weighted by atomic mass is 32.1. The summed E-state index contributed by atoms with van der Waals surface area (Å²) in [7, 11) is 0. The highest BCUT2D eigenvalue weighted by Crippen LogP contribution is 2.04. The van der Waals surface area contributed by atoms with Crippen LogP contribution < -0.4 is 16.6 Å². The summed E-state index contributed by atoms with van der Waals surface area (Å²) in [6.07, 6.45) is 2.81. The molecule has 0 fully saturated rings. The number of rotatable bonds is 4. The number of guanidine groups is 1. The van der Waals surface area contributed by atoms with E-state index in [2.05, 4.69) is 27.6 Å². The van der Waals surface area contributed by atoms with Crippen molar-refractivity contribution < 1.29 is 0 Å². The van der Waals surface area contributed by atoms with E-state index in [0.29, 0.717) is 12.5 Å². The highest BCUT2D eigenvalue weighted by molar-refractivity contribution is 7.09. The van der Waals surface area contributed by atoms with Crippen LogP contribution in [-0.2, 0) is 6.54 Å². The molecule has 0 radical (unpaired) electrons. The topological polar surface area (TPSA) is 75.3 Å². The molecule has 0 unspecified atom stereocenters. The molecule has 0 aliphatic heterocycles. The van der Waals surface area contributed by atoms with Gasteiger partial charge < -0.3 is 5.32 Å². The Bertz CT molecular complexity index is 269. The van der Waals surface area contributed by atoms with Crippen molar-refractivity contribution in [2.45, 2.75) is 19.9 Å². The van der Waals surface area contributed by atoms with E-state index in [9.17, 15) is 0 Å². The van der Waals surface area contributed by atoms with Crippen molar-refractivity contribution in [3.63, 3.8) is 0 Å². The first-order valence-electron chi connectivity index (χ1n) is 4.50. The predicted molar refractivity (Wildman–Crippen MR) is 58.9 cm³/mol. The molecule has 1 rings (SSSR count). The molecule has 4 N–H and O–H groups in total. The molecule has 1 aromatic heterocycles. The van der Waals surface area contributed by atoms with Crippen molar-refractivity contribution in [1.29, 1.82) is 0 Å². The van der Waals surface area contributed by atoms with Crippen molar-refractivity contribution in [2.75, 3.05) is 6.54 Å². The van der Waals surface area contributed by atoms with Crippen LogP contribution >= 0.6 is 11.3 Å². The maximum absolute atomic E-state index is 5.29. The second-order valence-electron chi connectivity index (χ2n) is 2.66. The van der Waals surface area contributed by atoms with Crippen LogP contribution in [-0.4, -0.2) is 17.5 Å². The van der Waals surface area contributed by atoms with Crippen LogP contribution in [0.25, 0.3) is 0 Å². The number of nitrogens with one attached hydrogen (secondary N) is 2. The number of hydrazine groups is 1. The number of aliphatic imine (C=N–C) groups is 1. The summed E-state index contributed by atoms with van der Waals surface area (Å²) in [4.78, 5) is 8.36. The molecule has 0 aliphatic rings. The van der Waals surface area contributed by atoms with Gasteiger partial charge >= 0.3 is 0 Å². The van der Waals surface area contributed by atoms with Crippen molar-refractivity contribution in [3.05, 3.63) is 16.6 Å². The molecule has 14 heavy (non-hydrogen) atoms. The largest absolute Gasteiger partial charge is 0.355 e. The summed E-state index contributed by atoms with van der Waals surface area (Å²) in [5, 5.41) is 5.99. The van der Waals surface area contributed by atoms with Gasteiger partial charge in [-0.2, -0.15) is 0 Å². The molecule has 78 valence electrons. The molecule has 0 atom stereocenters. The van der Waals surface area contributed by atoms with Gasteiger partial charge in [0.25, 0.3) is 0 Å². The van der Waals surface area contributed by atoms with Crippen molar-refractivity contribution >= 4 is 17.3 Å². The Hall–Kier alpha value is -1.14. The maximum Gasteiger partial charge on any atom is 0.206 e. The SMILES string of the molecule is CCCNC(=NCc1nccs1)NN. The first-order chi connectivity index (χ1) is 6.86. The molecule has 6 heteroatoms. The van der Waals surface area contributed by atoms with Crippen LogP contribution in [0.3, 0.4) is 0 Å². The minimum absolute atomic E-state index is 0.563. The van der Waals surface area contributed by atoms with E-state index in [1.54, 1.807) is 17.5 Å². The van der Waals surface area contributed by atoms with E-state index < -0.39 is 0 Å². The van der Waals surface area contributed by atoms with Gasteiger partial charge in [-0.1, -0.05) is 6.92 Å². The number of thiazole rings is 1. The molecule has 0 aliphatic carbocycles. The van der Waals surface area contributed by atoms with E-state index in [-0.39, 0.29) is 0 Å². The van der Waals surface area contributed by atoms with Gasteiger partial charge in [0, 0.05) is 18.1 Å². The van der Waals surface area contributed by atoms with Crippen LogP contribution in [0.1, 0.15) is 18.4 Å². The normalized spacial score (nSPS) is 11.4. The molecular weight excluding hydrogens is 198 g/mol. The lowest BCUT2D eigenvalue weighted by molar-refractivity contribution is 0.790. The summed E-state index contributed by atoms with van der Waals surface area (Å²) < 4.78 is 0. The summed E-state index contributed by atoms with van der Waals surface area (Å²) in [5.41, 5.74) is 2.52. The van der Waals surface area contributed by atoms with Gasteiger partial charge in [-0.15, -0.1) is 11.3 Å². The van der Waals surface area contributed by atoms with E-state index in [1.165, 1.54) is 0 Å². The Kier molecular flexibility index (Phi) is 4.95. The van der Waals surface area contributed by atoms with Crippen LogP contribution in [0, 0.1) is 0 Å². The standard InChI is InChI=1S/C8H15N5S/c1-2-3-11-8(13-9)12-6-7-10-4-5-14-7/h4-5H,2-3,6,9H2,1H3,(H2,11,12,13). The predicted octanol–water partition coefficient (Wildman–Crippen LogP) is 0.462. The smallest absolute Gasteiger partial charge is 0.206 e. The molecule has 0 bridgehead atoms. The zero-order chi connectivity index (χ0) is 10.2. The van der Waals surface area contributed by atoms with Crippen LogP contribution in [0.2, 0.25) is 0 Å². The first-order valence-corrected chi connectivity index (χ1v) is 5.38. The Morgan fingerprint density at radius 2 is 2.57 bits per heavy atom. The zero-order valence-corrected chi connectivity index (χ0v) is 8.97. The molecular formula is C8H15N5S. The van der Waals surface area contributed by atoms with Gasteiger partial charge in [0.05, 0.1) is 6.54 Å². The number of nitrogens with two attached hydrogens (primary N) is 1. The quantitative estimate of drug-likeness (QED) is 0.294. The Morgan fingerprint density at radius 3 is 3.14 bits per heavy atom. The molecule has 0 saturated carbocycles. The Balaban J connectivity index is 2.39. The molecule has 1 aromatic rings. The van der Waals surface area contributed by atoms with Crippen molar-refractivity contribution in [3.8, 4) is 0 Å². The van der Waals surface area contributed by atoms with Crippen LogP contribution in [0.5, 0.6) is 0 Å². The second kappa shape index (κ2) is 6.33. The average Bonchev–Trinajstić information content (AvgIpc) is 2.71. The number of nitrogens with zero attached hydrogens (tertiary/aromatic N) is 2. The Labute approximate surface area is 87.4 Å². The summed E-state index contributed by atoms with van der Waals surface area (Å²) in [6, 6.07) is 0. The fraction of sp³-hybridized carbons (Fsp3) is 0.500. The highest BCUT2D eigenvalue weighted by Gasteiger charge is 1.96. The van der Waals surface area contributed by atoms with Gasteiger partial charge in [-0.05, 0) is 6.42 Å². The molecule has 0 spiro atoms. The fourth-order valence-corrected chi connectivity index (χ4v) is 1.41. The Morgan fingerprint density at radius 1 is 1.71 bits per heavy atom. The molecule has 5 nitrogen and oxygen atoms in total. The molecule has 0 aromatic carbocycles. The van der Waals surface area contributed by atoms with Crippen molar-refractivity contribution in [2.24, 2.45) is 10.8 Å². The van der Waals surface area contributed by atoms with E-state index in [1.807, 2.05) is 5.38 Å². The average molecular weight is 213 g/mol. The third-order valence-corrected chi connectivity index (χ3v) is 2.30. The molecule has 0 saturated heterocycles. The lowest BCUT2D eigenvalue weighted by atomic mass is 10.5. The molecule has 0 amide bonds. The lowest BCUT2D eigenvalue weighted by Gasteiger charge is -2.06. The first kappa shape index (κ1) is 10.9. The number of aromatic nitrogens is 1. The van der Waals surface area contributed by atoms with Gasteiger partial charge in [-0.3, -0.25) is 5.43 Å². The monoisotopic (exact) mass is 213 g/mol. The zero-order valence-electron chi connectivity index (χ0n) is 8.16. The van der Waals surface area contributed by atoms with Crippen LogP contribution in [0.15, 0.2) is 16.6 Å². The van der Waals surface area contributed by atoms with Gasteiger partial charge in [0.2, 0.25) is 5.96 Å². The lowest BCUT2D eigenvalue weighted by Crippen LogP contribution is -2.41. The summed E-state index contributed by atoms with van der Waals surface area (Å²) in [6.45, 7) is 3.51.